The van der Waals surface area contributed by atoms with Gasteiger partial charge in [0.2, 0.25) is 0 Å². The summed E-state index contributed by atoms with van der Waals surface area (Å²) < 4.78 is 9.74. The van der Waals surface area contributed by atoms with Crippen LogP contribution in [0.1, 0.15) is 44.5 Å². The first-order valence-electron chi connectivity index (χ1n) is 43.7. The quantitative estimate of drug-likeness (QED) is 0.116. The Morgan fingerprint density at radius 3 is 0.698 bits per heavy atom. The van der Waals surface area contributed by atoms with Crippen molar-refractivity contribution in [2.24, 2.45) is 0 Å². The average molecular weight is 1600 g/mol. The van der Waals surface area contributed by atoms with Crippen molar-refractivity contribution >= 4 is 87.2 Å². The predicted octanol–water partition coefficient (Wildman–Crippen LogP) is 31.2. The lowest BCUT2D eigenvalue weighted by Crippen LogP contribution is -2.28. The molecule has 4 heterocycles. The molecule has 0 fully saturated rings. The predicted molar refractivity (Wildman–Crippen MR) is 527 cm³/mol. The second-order valence-electron chi connectivity index (χ2n) is 33.7. The number of aromatic nitrogens is 4. The van der Waals surface area contributed by atoms with E-state index in [0.29, 0.717) is 0 Å². The van der Waals surface area contributed by atoms with E-state index in [-0.39, 0.29) is 0 Å². The van der Waals surface area contributed by atoms with Crippen LogP contribution in [0.5, 0.6) is 0 Å². The summed E-state index contributed by atoms with van der Waals surface area (Å²) in [5.74, 6) is 0. The topological polar surface area (TPSA) is 19.7 Å². The lowest BCUT2D eigenvalue weighted by molar-refractivity contribution is 0.767. The monoisotopic (exact) mass is 1600 g/mol. The molecule has 0 amide bonds. The third-order valence-corrected chi connectivity index (χ3v) is 27.2. The summed E-state index contributed by atoms with van der Waals surface area (Å²) in [7, 11) is 0. The lowest BCUT2D eigenvalue weighted by atomic mass is 9.67. The number of para-hydroxylation sites is 4. The van der Waals surface area contributed by atoms with Gasteiger partial charge in [0.25, 0.3) is 0 Å². The lowest BCUT2D eigenvalue weighted by Gasteiger charge is -2.34. The maximum absolute atomic E-state index is 2.46. The molecule has 0 spiro atoms. The van der Waals surface area contributed by atoms with Crippen LogP contribution in [-0.4, -0.2) is 18.3 Å². The van der Waals surface area contributed by atoms with Crippen LogP contribution in [0.25, 0.3) is 177 Å². The Hall–Kier alpha value is -16.4. The molecule has 0 unspecified atom stereocenters. The zero-order chi connectivity index (χ0) is 83.0. The fourth-order valence-corrected chi connectivity index (χ4v) is 21.8. The van der Waals surface area contributed by atoms with E-state index in [1.54, 1.807) is 0 Å². The first kappa shape index (κ1) is 72.4. The molecular weight excluding hydrogens is 1520 g/mol. The first-order valence-corrected chi connectivity index (χ1v) is 43.7. The Morgan fingerprint density at radius 1 is 0.127 bits per heavy atom. The van der Waals surface area contributed by atoms with Crippen molar-refractivity contribution in [1.29, 1.82) is 0 Å². The van der Waals surface area contributed by atoms with E-state index in [1.165, 1.54) is 198 Å². The van der Waals surface area contributed by atoms with Crippen molar-refractivity contribution in [3.63, 3.8) is 0 Å². The van der Waals surface area contributed by atoms with Crippen molar-refractivity contribution in [1.82, 2.24) is 18.3 Å². The van der Waals surface area contributed by atoms with Gasteiger partial charge in [0.15, 0.2) is 0 Å². The summed E-state index contributed by atoms with van der Waals surface area (Å²) in [5, 5.41) is 9.94. The van der Waals surface area contributed by atoms with Gasteiger partial charge in [0, 0.05) is 65.8 Å². The fourth-order valence-electron chi connectivity index (χ4n) is 21.8. The highest BCUT2D eigenvalue weighted by molar-refractivity contribution is 6.16. The van der Waals surface area contributed by atoms with E-state index in [2.05, 4.69) is 504 Å². The number of fused-ring (bicyclic) bond motifs is 18. The average Bonchev–Trinajstić information content (AvgIpc) is 1.53. The van der Waals surface area contributed by atoms with Crippen LogP contribution in [0, 0.1) is 0 Å². The molecule has 0 bridgehead atoms. The zero-order valence-corrected chi connectivity index (χ0v) is 69.0. The molecule has 20 aromatic carbocycles. The molecule has 126 heavy (non-hydrogen) atoms. The fraction of sp³-hybridized carbons (Fsp3) is 0.0164. The van der Waals surface area contributed by atoms with Crippen LogP contribution >= 0.6 is 0 Å². The maximum atomic E-state index is 2.46. The van der Waals surface area contributed by atoms with Gasteiger partial charge in [-0.1, -0.05) is 358 Å². The SMILES string of the molecule is c1ccc(-c2ccc3c(c2)c2cc(-c4ccc5c(c4)c4ccccc4n5-c4cccc(C5(c6ccccc6)c6ccccc6-c6ccccc65)c4)ccc2n3-c2ccccc2)cc1.c1ccc(-c2cccc(-n3c4ccccc4c4cc(-c5ccc6c(c5)c5ccccc5n6-c5cccc(C6(c7ccccc7)c7ccccc7-c7ccccc76)c5)ccc43)c2)cc1. The second kappa shape index (κ2) is 29.2. The largest absolute Gasteiger partial charge is 0.309 e. The van der Waals surface area contributed by atoms with Crippen LogP contribution in [-0.2, 0) is 10.8 Å². The number of benzene rings is 20. The molecule has 2 aliphatic rings. The molecule has 0 saturated heterocycles. The van der Waals surface area contributed by atoms with Gasteiger partial charge in [-0.2, -0.15) is 0 Å². The summed E-state index contributed by atoms with van der Waals surface area (Å²) in [4.78, 5) is 0. The van der Waals surface area contributed by atoms with Gasteiger partial charge in [0.1, 0.15) is 0 Å². The Labute approximate surface area is 730 Å². The van der Waals surface area contributed by atoms with E-state index >= 15 is 0 Å². The van der Waals surface area contributed by atoms with Crippen molar-refractivity contribution in [3.05, 3.63) is 530 Å². The molecular formula is C122H80N4. The van der Waals surface area contributed by atoms with Crippen molar-refractivity contribution < 1.29 is 0 Å². The van der Waals surface area contributed by atoms with Crippen LogP contribution in [0.15, 0.2) is 485 Å². The third kappa shape index (κ3) is 11.1. The van der Waals surface area contributed by atoms with Gasteiger partial charge in [-0.25, -0.2) is 0 Å². The Balaban J connectivity index is 0.000000137. The minimum absolute atomic E-state index is 0.469. The molecule has 0 saturated carbocycles. The van der Waals surface area contributed by atoms with Crippen LogP contribution in [0.2, 0.25) is 0 Å². The first-order chi connectivity index (χ1) is 62.5. The summed E-state index contributed by atoms with van der Waals surface area (Å²) >= 11 is 0. The van der Waals surface area contributed by atoms with E-state index in [1.807, 2.05) is 0 Å². The Bertz CT molecular complexity index is 8360. The Kier molecular flexibility index (Phi) is 16.8. The van der Waals surface area contributed by atoms with Crippen molar-refractivity contribution in [2.45, 2.75) is 10.8 Å². The number of nitrogens with zero attached hydrogens (tertiary/aromatic N) is 4. The molecule has 4 nitrogen and oxygen atoms in total. The molecule has 2 aliphatic carbocycles. The van der Waals surface area contributed by atoms with E-state index in [4.69, 9.17) is 0 Å². The number of hydrogen-bond acceptors (Lipinski definition) is 0. The molecule has 588 valence electrons. The van der Waals surface area contributed by atoms with E-state index in [0.717, 1.165) is 22.7 Å². The maximum Gasteiger partial charge on any atom is 0.0714 e. The Morgan fingerprint density at radius 2 is 0.349 bits per heavy atom. The summed E-state index contributed by atoms with van der Waals surface area (Å²) in [6.07, 6.45) is 0. The van der Waals surface area contributed by atoms with Crippen molar-refractivity contribution in [2.75, 3.05) is 0 Å². The molecule has 4 heteroatoms. The molecule has 0 N–H and O–H groups in total. The molecule has 0 aliphatic heterocycles. The van der Waals surface area contributed by atoms with Crippen molar-refractivity contribution in [3.8, 4) is 89.5 Å². The van der Waals surface area contributed by atoms with Gasteiger partial charge in [-0.15, -0.1) is 0 Å². The molecule has 24 aromatic rings. The molecule has 4 aromatic heterocycles. The normalized spacial score (nSPS) is 12.9. The van der Waals surface area contributed by atoms with E-state index < -0.39 is 10.8 Å². The second-order valence-corrected chi connectivity index (χ2v) is 33.7. The smallest absolute Gasteiger partial charge is 0.0714 e. The molecule has 26 rings (SSSR count). The molecule has 0 atom stereocenters. The summed E-state index contributed by atoms with van der Waals surface area (Å²) in [6, 6.07) is 179. The number of hydrogen-bond donors (Lipinski definition) is 0. The highest BCUT2D eigenvalue weighted by Gasteiger charge is 2.48. The third-order valence-electron chi connectivity index (χ3n) is 27.2. The highest BCUT2D eigenvalue weighted by atomic mass is 15.0. The van der Waals surface area contributed by atoms with E-state index in [9.17, 15) is 0 Å². The van der Waals surface area contributed by atoms with Gasteiger partial charge >= 0.3 is 0 Å². The zero-order valence-electron chi connectivity index (χ0n) is 69.0. The van der Waals surface area contributed by atoms with Crippen LogP contribution in [0.3, 0.4) is 0 Å². The molecule has 0 radical (unpaired) electrons. The van der Waals surface area contributed by atoms with Crippen LogP contribution < -0.4 is 0 Å². The van der Waals surface area contributed by atoms with Gasteiger partial charge < -0.3 is 18.3 Å². The summed E-state index contributed by atoms with van der Waals surface area (Å²) in [6.45, 7) is 0. The summed E-state index contributed by atoms with van der Waals surface area (Å²) in [5.41, 5.74) is 38.4. The van der Waals surface area contributed by atoms with Gasteiger partial charge in [-0.3, -0.25) is 0 Å². The minimum atomic E-state index is -0.472. The standard InChI is InChI=1S/2C61H40N2/c1-4-17-41(18-5-1)42-31-34-59-53(37-42)54-39-44(33-36-60(54)62(59)47-22-8-3-9-23-47)43-32-35-58-52(38-43)51-27-12-15-30-57(51)63(58)48-24-16-21-46(40-48)61(45-19-6-2-7-20-45)55-28-13-10-25-49(55)50-26-11-14-29-56(50)61;1-3-17-41(18-4-1)42-19-15-23-47(37-42)62-57-31-13-9-27-51(57)53-38-43(33-35-59(53)62)44-34-36-60-54(39-44)52-28-10-14-32-58(52)63(60)48-24-16-22-46(40-48)61(45-20-5-2-6-21-45)55-29-11-7-25-49(55)50-26-8-12-30-56(50)61/h2*1-40H. The van der Waals surface area contributed by atoms with Gasteiger partial charge in [-0.05, 0) is 239 Å². The number of rotatable bonds is 12. The van der Waals surface area contributed by atoms with Crippen LogP contribution in [0.4, 0.5) is 0 Å². The highest BCUT2D eigenvalue weighted by Crippen LogP contribution is 2.59. The minimum Gasteiger partial charge on any atom is -0.309 e. The van der Waals surface area contributed by atoms with Gasteiger partial charge in [0.05, 0.1) is 55.0 Å².